The molecule has 1 atom stereocenters. The van der Waals surface area contributed by atoms with Crippen LogP contribution in [0.15, 0.2) is 12.7 Å². The van der Waals surface area contributed by atoms with Crippen LogP contribution in [0, 0.1) is 0 Å². The van der Waals surface area contributed by atoms with E-state index in [1.165, 1.54) is 0 Å². The predicted octanol–water partition coefficient (Wildman–Crippen LogP) is -0.571. The van der Waals surface area contributed by atoms with E-state index in [4.69, 9.17) is 10.8 Å². The summed E-state index contributed by atoms with van der Waals surface area (Å²) in [6, 6.07) is 0. The van der Waals surface area contributed by atoms with Crippen molar-refractivity contribution in [2.24, 2.45) is 5.73 Å². The van der Waals surface area contributed by atoms with Crippen LogP contribution in [0.25, 0.3) is 0 Å². The topological polar surface area (TPSA) is 58.3 Å². The largest absolute Gasteiger partial charge is 0.378 e. The Kier molecular flexibility index (Phi) is 5.51. The molecule has 0 aliphatic rings. The fourth-order valence-electron chi connectivity index (χ4n) is 0.491. The second kappa shape index (κ2) is 5.75. The second-order valence-corrected chi connectivity index (χ2v) is 1.78. The molecular weight excluding hydrogens is 116 g/mol. The van der Waals surface area contributed by atoms with Crippen molar-refractivity contribution in [3.63, 3.8) is 0 Å². The molecule has 0 radical (unpaired) electrons. The monoisotopic (exact) mass is 130 g/mol. The minimum Gasteiger partial charge on any atom is -0.378 e. The van der Waals surface area contributed by atoms with Crippen LogP contribution in [0.5, 0.6) is 0 Å². The molecule has 3 heteroatoms. The zero-order valence-corrected chi connectivity index (χ0v) is 5.51. The third kappa shape index (κ3) is 5.49. The Balaban J connectivity index is 3.04. The maximum atomic E-state index is 8.94. The predicted molar refractivity (Wildman–Crippen MR) is 37.9 cm³/mol. The van der Waals surface area contributed by atoms with E-state index in [1.54, 1.807) is 6.08 Å². The van der Waals surface area contributed by atoms with Crippen LogP contribution < -0.4 is 11.1 Å². The van der Waals surface area contributed by atoms with Gasteiger partial charge in [-0.05, 0) is 0 Å². The van der Waals surface area contributed by atoms with E-state index in [2.05, 4.69) is 11.9 Å². The van der Waals surface area contributed by atoms with Gasteiger partial charge in [-0.15, -0.1) is 6.58 Å². The van der Waals surface area contributed by atoms with Crippen molar-refractivity contribution in [2.45, 2.75) is 12.6 Å². The summed E-state index contributed by atoms with van der Waals surface area (Å²) in [6.07, 6.45) is 1.75. The summed E-state index contributed by atoms with van der Waals surface area (Å²) in [5, 5.41) is 11.7. The molecule has 0 bridgehead atoms. The summed E-state index contributed by atoms with van der Waals surface area (Å²) >= 11 is 0. The third-order valence-electron chi connectivity index (χ3n) is 0.914. The van der Waals surface area contributed by atoms with Crippen molar-refractivity contribution in [1.29, 1.82) is 0 Å². The van der Waals surface area contributed by atoms with E-state index < -0.39 is 6.23 Å². The lowest BCUT2D eigenvalue weighted by Gasteiger charge is -2.07. The second-order valence-electron chi connectivity index (χ2n) is 1.78. The van der Waals surface area contributed by atoms with Gasteiger partial charge in [0.05, 0.1) is 0 Å². The minimum atomic E-state index is -0.481. The van der Waals surface area contributed by atoms with Gasteiger partial charge in [-0.2, -0.15) is 0 Å². The van der Waals surface area contributed by atoms with Crippen LogP contribution in [0.4, 0.5) is 0 Å². The number of aliphatic hydroxyl groups excluding tert-OH is 1. The molecule has 0 saturated carbocycles. The average molecular weight is 130 g/mol. The smallest absolute Gasteiger partial charge is 0.108 e. The number of rotatable bonds is 5. The number of nitrogens with two attached hydrogens (primary N) is 1. The Morgan fingerprint density at radius 3 is 2.89 bits per heavy atom. The Bertz CT molecular complexity index is 75.5. The summed E-state index contributed by atoms with van der Waals surface area (Å²) in [4.78, 5) is 0. The fraction of sp³-hybridized carbons (Fsp3) is 0.667. The van der Waals surface area contributed by atoms with Crippen LogP contribution >= 0.6 is 0 Å². The van der Waals surface area contributed by atoms with Gasteiger partial charge in [-0.25, -0.2) is 0 Å². The SMILES string of the molecule is C=CCC(O)NCCN. The molecule has 0 amide bonds. The van der Waals surface area contributed by atoms with Gasteiger partial charge < -0.3 is 10.8 Å². The number of aliphatic hydroxyl groups is 1. The first-order valence-corrected chi connectivity index (χ1v) is 3.03. The normalized spacial score (nSPS) is 13.1. The lowest BCUT2D eigenvalue weighted by molar-refractivity contribution is 0.142. The fourth-order valence-corrected chi connectivity index (χ4v) is 0.491. The molecule has 0 heterocycles. The maximum absolute atomic E-state index is 8.94. The first-order valence-electron chi connectivity index (χ1n) is 3.03. The van der Waals surface area contributed by atoms with Crippen molar-refractivity contribution < 1.29 is 5.11 Å². The molecule has 0 spiro atoms. The summed E-state index contributed by atoms with van der Waals surface area (Å²) in [5.41, 5.74) is 5.17. The van der Waals surface area contributed by atoms with Gasteiger partial charge in [0, 0.05) is 19.5 Å². The molecule has 0 aliphatic heterocycles. The van der Waals surface area contributed by atoms with Crippen LogP contribution in [0.1, 0.15) is 6.42 Å². The van der Waals surface area contributed by atoms with Crippen molar-refractivity contribution in [3.8, 4) is 0 Å². The van der Waals surface area contributed by atoms with Crippen LogP contribution in [-0.2, 0) is 0 Å². The zero-order valence-electron chi connectivity index (χ0n) is 5.51. The Hall–Kier alpha value is -0.380. The summed E-state index contributed by atoms with van der Waals surface area (Å²) in [7, 11) is 0. The molecule has 0 saturated heterocycles. The molecule has 0 aromatic heterocycles. The molecule has 0 aromatic carbocycles. The first-order chi connectivity index (χ1) is 4.31. The zero-order chi connectivity index (χ0) is 7.11. The average Bonchev–Trinajstić information content (AvgIpc) is 1.85. The highest BCUT2D eigenvalue weighted by Crippen LogP contribution is 1.84. The van der Waals surface area contributed by atoms with Gasteiger partial charge in [-0.3, -0.25) is 5.32 Å². The van der Waals surface area contributed by atoms with Gasteiger partial charge in [0.1, 0.15) is 6.23 Å². The van der Waals surface area contributed by atoms with Gasteiger partial charge in [0.2, 0.25) is 0 Å². The van der Waals surface area contributed by atoms with Gasteiger partial charge in [-0.1, -0.05) is 6.08 Å². The molecule has 3 nitrogen and oxygen atoms in total. The van der Waals surface area contributed by atoms with Crippen molar-refractivity contribution >= 4 is 0 Å². The summed E-state index contributed by atoms with van der Waals surface area (Å²) in [5.74, 6) is 0. The quantitative estimate of drug-likeness (QED) is 0.345. The number of nitrogens with one attached hydrogen (secondary N) is 1. The van der Waals surface area contributed by atoms with Crippen LogP contribution in [0.2, 0.25) is 0 Å². The van der Waals surface area contributed by atoms with E-state index in [0.717, 1.165) is 0 Å². The van der Waals surface area contributed by atoms with E-state index in [0.29, 0.717) is 19.5 Å². The molecule has 0 fully saturated rings. The third-order valence-corrected chi connectivity index (χ3v) is 0.914. The highest BCUT2D eigenvalue weighted by atomic mass is 16.3. The van der Waals surface area contributed by atoms with Gasteiger partial charge in [0.15, 0.2) is 0 Å². The Morgan fingerprint density at radius 1 is 1.78 bits per heavy atom. The van der Waals surface area contributed by atoms with Gasteiger partial charge >= 0.3 is 0 Å². The van der Waals surface area contributed by atoms with E-state index >= 15 is 0 Å². The van der Waals surface area contributed by atoms with E-state index in [-0.39, 0.29) is 0 Å². The maximum Gasteiger partial charge on any atom is 0.108 e. The minimum absolute atomic E-state index is 0.481. The highest BCUT2D eigenvalue weighted by molar-refractivity contribution is 4.70. The molecule has 0 aliphatic carbocycles. The molecule has 0 aromatic rings. The molecule has 9 heavy (non-hydrogen) atoms. The molecule has 4 N–H and O–H groups in total. The van der Waals surface area contributed by atoms with E-state index in [1.807, 2.05) is 0 Å². The summed E-state index contributed by atoms with van der Waals surface area (Å²) in [6.45, 7) is 4.68. The Labute approximate surface area is 55.6 Å². The number of hydrogen-bond donors (Lipinski definition) is 3. The molecule has 1 unspecified atom stereocenters. The molecule has 54 valence electrons. The lowest BCUT2D eigenvalue weighted by atomic mass is 10.4. The van der Waals surface area contributed by atoms with Crippen molar-refractivity contribution in [1.82, 2.24) is 5.32 Å². The number of hydrogen-bond acceptors (Lipinski definition) is 3. The molecular formula is C6H14N2O. The van der Waals surface area contributed by atoms with E-state index in [9.17, 15) is 0 Å². The Morgan fingerprint density at radius 2 is 2.44 bits per heavy atom. The standard InChI is InChI=1S/C6H14N2O/c1-2-3-6(9)8-5-4-7/h2,6,8-9H,1,3-5,7H2. The molecule has 0 rings (SSSR count). The van der Waals surface area contributed by atoms with Crippen molar-refractivity contribution in [3.05, 3.63) is 12.7 Å². The first kappa shape index (κ1) is 8.62. The summed E-state index contributed by atoms with van der Waals surface area (Å²) < 4.78 is 0. The van der Waals surface area contributed by atoms with Crippen LogP contribution in [-0.4, -0.2) is 24.4 Å². The van der Waals surface area contributed by atoms with Crippen molar-refractivity contribution in [2.75, 3.05) is 13.1 Å². The van der Waals surface area contributed by atoms with Crippen LogP contribution in [0.3, 0.4) is 0 Å². The van der Waals surface area contributed by atoms with Gasteiger partial charge in [0.25, 0.3) is 0 Å². The highest BCUT2D eigenvalue weighted by Gasteiger charge is 1.95. The lowest BCUT2D eigenvalue weighted by Crippen LogP contribution is -2.32.